The van der Waals surface area contributed by atoms with E-state index in [1.807, 2.05) is 42.6 Å². The lowest BCUT2D eigenvalue weighted by atomic mass is 10.2. The number of para-hydroxylation sites is 1. The molecule has 1 N–H and O–H groups in total. The van der Waals surface area contributed by atoms with Crippen molar-refractivity contribution in [1.82, 2.24) is 10.4 Å². The molecule has 0 amide bonds. The molecular weight excluding hydrogens is 400 g/mol. The van der Waals surface area contributed by atoms with Crippen LogP contribution in [0, 0.1) is 0 Å². The monoisotopic (exact) mass is 438 g/mol. The minimum absolute atomic E-state index is 0.684. The van der Waals surface area contributed by atoms with Crippen molar-refractivity contribution in [1.29, 1.82) is 0 Å². The lowest BCUT2D eigenvalue weighted by Crippen LogP contribution is -2.34. The molecule has 2 aromatic carbocycles. The van der Waals surface area contributed by atoms with Crippen molar-refractivity contribution < 1.29 is 9.57 Å². The third-order valence-electron chi connectivity index (χ3n) is 5.15. The smallest absolute Gasteiger partial charge is 0.119 e. The summed E-state index contributed by atoms with van der Waals surface area (Å²) in [5, 5.41) is 5.41. The van der Waals surface area contributed by atoms with E-state index < -0.39 is 0 Å². The molecule has 2 aromatic rings. The number of aliphatic imine (C=N–C) groups is 1. The van der Waals surface area contributed by atoms with Crippen LogP contribution in [0.15, 0.2) is 71.4 Å². The molecule has 0 radical (unpaired) electrons. The first kappa shape index (κ1) is 25.6. The van der Waals surface area contributed by atoms with E-state index in [-0.39, 0.29) is 0 Å². The van der Waals surface area contributed by atoms with Crippen LogP contribution in [0.3, 0.4) is 0 Å². The number of ether oxygens (including phenoxy) is 1. The van der Waals surface area contributed by atoms with E-state index >= 15 is 0 Å². The highest BCUT2D eigenvalue weighted by Gasteiger charge is 2.08. The van der Waals surface area contributed by atoms with Crippen molar-refractivity contribution in [3.05, 3.63) is 71.9 Å². The second-order valence-electron chi connectivity index (χ2n) is 7.65. The van der Waals surface area contributed by atoms with E-state index in [9.17, 15) is 0 Å². The van der Waals surface area contributed by atoms with Crippen LogP contribution in [-0.2, 0) is 11.4 Å². The molecule has 0 bridgehead atoms. The highest BCUT2D eigenvalue weighted by Crippen LogP contribution is 2.16. The first-order chi connectivity index (χ1) is 15.7. The number of hydrogen-bond donors (Lipinski definition) is 1. The molecule has 0 unspecified atom stereocenters. The standard InChI is InChI=1S/C26H38N4O2/c1-5-23(20-27-2)22-30(25-12-7-6-8-13-25)17-16-28-15-10-18-32-29(3)21-24-11-9-14-26(19-24)31-4/h6-9,11-14,19-20,28H,2,5,10,15-18,21-22H2,1,3-4H3/b23-20+. The highest BCUT2D eigenvalue weighted by atomic mass is 16.7. The zero-order chi connectivity index (χ0) is 23.0. The van der Waals surface area contributed by atoms with E-state index in [0.717, 1.165) is 56.9 Å². The molecule has 0 aliphatic rings. The molecule has 0 heterocycles. The van der Waals surface area contributed by atoms with Crippen molar-refractivity contribution in [2.45, 2.75) is 26.3 Å². The number of anilines is 1. The molecule has 174 valence electrons. The van der Waals surface area contributed by atoms with Gasteiger partial charge < -0.3 is 15.0 Å². The van der Waals surface area contributed by atoms with Crippen LogP contribution in [0.4, 0.5) is 5.69 Å². The van der Waals surface area contributed by atoms with Gasteiger partial charge in [0.05, 0.1) is 13.7 Å². The normalized spacial score (nSPS) is 11.6. The van der Waals surface area contributed by atoms with E-state index in [2.05, 4.69) is 59.2 Å². The molecule has 6 nitrogen and oxygen atoms in total. The molecule has 0 atom stereocenters. The lowest BCUT2D eigenvalue weighted by Gasteiger charge is -2.26. The summed E-state index contributed by atoms with van der Waals surface area (Å²) in [6.45, 7) is 10.8. The van der Waals surface area contributed by atoms with Crippen molar-refractivity contribution in [3.8, 4) is 5.75 Å². The molecule has 0 saturated heterocycles. The number of benzene rings is 2. The van der Waals surface area contributed by atoms with Crippen LogP contribution >= 0.6 is 0 Å². The zero-order valence-corrected chi connectivity index (χ0v) is 19.8. The van der Waals surface area contributed by atoms with Crippen LogP contribution < -0.4 is 15.0 Å². The molecule has 0 aromatic heterocycles. The van der Waals surface area contributed by atoms with Crippen LogP contribution in [0.2, 0.25) is 0 Å². The van der Waals surface area contributed by atoms with Crippen LogP contribution in [0.1, 0.15) is 25.3 Å². The topological polar surface area (TPSA) is 49.3 Å². The molecule has 0 aliphatic carbocycles. The Morgan fingerprint density at radius 3 is 2.66 bits per heavy atom. The molecule has 6 heteroatoms. The van der Waals surface area contributed by atoms with Gasteiger partial charge in [0.25, 0.3) is 0 Å². The fraction of sp³-hybridized carbons (Fsp3) is 0.423. The van der Waals surface area contributed by atoms with Gasteiger partial charge in [-0.05, 0) is 61.5 Å². The molecule has 32 heavy (non-hydrogen) atoms. The van der Waals surface area contributed by atoms with Gasteiger partial charge in [-0.3, -0.25) is 9.83 Å². The minimum Gasteiger partial charge on any atom is -0.497 e. The summed E-state index contributed by atoms with van der Waals surface area (Å²) in [6.07, 6.45) is 3.80. The van der Waals surface area contributed by atoms with Crippen LogP contribution in [-0.4, -0.2) is 58.7 Å². The van der Waals surface area contributed by atoms with Gasteiger partial charge in [-0.2, -0.15) is 5.06 Å². The largest absolute Gasteiger partial charge is 0.497 e. The average Bonchev–Trinajstić information content (AvgIpc) is 2.82. The second kappa shape index (κ2) is 15.2. The Balaban J connectivity index is 1.68. The number of methoxy groups -OCH3 is 1. The summed E-state index contributed by atoms with van der Waals surface area (Å²) >= 11 is 0. The second-order valence-corrected chi connectivity index (χ2v) is 7.65. The molecule has 0 saturated carbocycles. The lowest BCUT2D eigenvalue weighted by molar-refractivity contribution is -0.147. The summed E-state index contributed by atoms with van der Waals surface area (Å²) in [4.78, 5) is 12.2. The first-order valence-electron chi connectivity index (χ1n) is 11.3. The fourth-order valence-electron chi connectivity index (χ4n) is 3.39. The summed E-state index contributed by atoms with van der Waals surface area (Å²) in [7, 11) is 3.64. The van der Waals surface area contributed by atoms with Crippen LogP contribution in [0.25, 0.3) is 0 Å². The zero-order valence-electron chi connectivity index (χ0n) is 19.8. The number of hydrogen-bond acceptors (Lipinski definition) is 6. The van der Waals surface area contributed by atoms with E-state index in [1.165, 1.54) is 11.3 Å². The Bertz CT molecular complexity index is 810. The number of rotatable bonds is 16. The van der Waals surface area contributed by atoms with E-state index in [4.69, 9.17) is 9.57 Å². The summed E-state index contributed by atoms with van der Waals surface area (Å²) in [5.41, 5.74) is 3.66. The van der Waals surface area contributed by atoms with E-state index in [0.29, 0.717) is 6.61 Å². The third kappa shape index (κ3) is 9.64. The molecule has 0 aliphatic heterocycles. The van der Waals surface area contributed by atoms with Crippen LogP contribution in [0.5, 0.6) is 5.75 Å². The van der Waals surface area contributed by atoms with Crippen molar-refractivity contribution >= 4 is 12.4 Å². The highest BCUT2D eigenvalue weighted by molar-refractivity contribution is 5.47. The maximum atomic E-state index is 5.83. The van der Waals surface area contributed by atoms with Gasteiger partial charge in [0.15, 0.2) is 0 Å². The number of nitrogens with zero attached hydrogens (tertiary/aromatic N) is 3. The van der Waals surface area contributed by atoms with E-state index in [1.54, 1.807) is 7.11 Å². The van der Waals surface area contributed by atoms with Gasteiger partial charge in [0.1, 0.15) is 5.75 Å². The quantitative estimate of drug-likeness (QED) is 0.237. The number of nitrogens with one attached hydrogen (secondary N) is 1. The molecule has 0 fully saturated rings. The fourth-order valence-corrected chi connectivity index (χ4v) is 3.39. The number of hydroxylamine groups is 2. The third-order valence-corrected chi connectivity index (χ3v) is 5.15. The molecule has 0 spiro atoms. The maximum absolute atomic E-state index is 5.83. The maximum Gasteiger partial charge on any atom is 0.119 e. The Labute approximate surface area is 193 Å². The predicted octanol–water partition coefficient (Wildman–Crippen LogP) is 4.54. The Morgan fingerprint density at radius 2 is 1.94 bits per heavy atom. The van der Waals surface area contributed by atoms with Gasteiger partial charge in [-0.25, -0.2) is 0 Å². The Hall–Kier alpha value is -2.67. The first-order valence-corrected chi connectivity index (χ1v) is 11.3. The van der Waals surface area contributed by atoms with Crippen molar-refractivity contribution in [3.63, 3.8) is 0 Å². The van der Waals surface area contributed by atoms with Crippen molar-refractivity contribution in [2.75, 3.05) is 51.8 Å². The summed E-state index contributed by atoms with van der Waals surface area (Å²) in [6, 6.07) is 18.6. The van der Waals surface area contributed by atoms with Gasteiger partial charge in [-0.15, -0.1) is 0 Å². The summed E-state index contributed by atoms with van der Waals surface area (Å²) < 4.78 is 5.28. The van der Waals surface area contributed by atoms with Gasteiger partial charge >= 0.3 is 0 Å². The molecular formula is C26H38N4O2. The Kier molecular flexibility index (Phi) is 12.1. The summed E-state index contributed by atoms with van der Waals surface area (Å²) in [5.74, 6) is 0.868. The minimum atomic E-state index is 0.684. The molecule has 2 rings (SSSR count). The van der Waals surface area contributed by atoms with Gasteiger partial charge in [0, 0.05) is 45.1 Å². The predicted molar refractivity (Wildman–Crippen MR) is 134 cm³/mol. The SMILES string of the molecule is C=N/C=C(\CC)CN(CCNCCCON(C)Cc1cccc(OC)c1)c1ccccc1. The van der Waals surface area contributed by atoms with Crippen molar-refractivity contribution in [2.24, 2.45) is 4.99 Å². The van der Waals surface area contributed by atoms with Gasteiger partial charge in [0.2, 0.25) is 0 Å². The average molecular weight is 439 g/mol. The Morgan fingerprint density at radius 1 is 1.12 bits per heavy atom. The van der Waals surface area contributed by atoms with Gasteiger partial charge in [-0.1, -0.05) is 37.3 Å².